The Morgan fingerprint density at radius 1 is 0.424 bits per heavy atom. The average molecular weight is 792 g/mol. The van der Waals surface area contributed by atoms with Crippen LogP contribution >= 0.6 is 22.7 Å². The number of rotatable bonds is 5. The van der Waals surface area contributed by atoms with Crippen LogP contribution < -0.4 is 5.32 Å². The molecular weight excluding hydrogens is 755 g/mol. The Balaban J connectivity index is 0.962. The second kappa shape index (κ2) is 13.2. The highest BCUT2D eigenvalue weighted by Crippen LogP contribution is 2.50. The van der Waals surface area contributed by atoms with Crippen molar-refractivity contribution < 1.29 is 0 Å². The fraction of sp³-hybridized carbons (Fsp3) is 0.0741. The van der Waals surface area contributed by atoms with Gasteiger partial charge in [0.25, 0.3) is 0 Å². The van der Waals surface area contributed by atoms with Crippen molar-refractivity contribution in [3.05, 3.63) is 204 Å². The maximum absolute atomic E-state index is 5.42. The molecule has 0 bridgehead atoms. The lowest BCUT2D eigenvalue weighted by molar-refractivity contribution is 0.660. The average Bonchev–Trinajstić information content (AvgIpc) is 3.94. The van der Waals surface area contributed by atoms with Gasteiger partial charge in [0.15, 0.2) is 6.17 Å². The molecule has 5 heteroatoms. The van der Waals surface area contributed by atoms with Crippen LogP contribution in [0.2, 0.25) is 0 Å². The lowest BCUT2D eigenvalue weighted by Crippen LogP contribution is -2.36. The van der Waals surface area contributed by atoms with E-state index in [9.17, 15) is 0 Å². The number of aliphatic imine (C=N–C) groups is 2. The molecular formula is C54H37N3S2. The highest BCUT2D eigenvalue weighted by Gasteiger charge is 2.37. The summed E-state index contributed by atoms with van der Waals surface area (Å²) in [5, 5.41) is 8.99. The molecule has 3 nitrogen and oxygen atoms in total. The van der Waals surface area contributed by atoms with E-state index in [1.54, 1.807) is 0 Å². The smallest absolute Gasteiger partial charge is 0.169 e. The number of benzene rings is 8. The van der Waals surface area contributed by atoms with Crippen molar-refractivity contribution in [3.8, 4) is 33.4 Å². The fourth-order valence-corrected chi connectivity index (χ4v) is 11.9. The third-order valence-electron chi connectivity index (χ3n) is 12.4. The highest BCUT2D eigenvalue weighted by molar-refractivity contribution is 7.26. The van der Waals surface area contributed by atoms with Crippen molar-refractivity contribution in [3.63, 3.8) is 0 Å². The number of amidine groups is 2. The van der Waals surface area contributed by atoms with Crippen molar-refractivity contribution in [1.29, 1.82) is 0 Å². The minimum Gasteiger partial charge on any atom is -0.324 e. The zero-order chi connectivity index (χ0) is 39.2. The molecule has 0 fully saturated rings. The van der Waals surface area contributed by atoms with E-state index in [1.165, 1.54) is 84.9 Å². The van der Waals surface area contributed by atoms with E-state index in [2.05, 4.69) is 195 Å². The van der Waals surface area contributed by atoms with Crippen molar-refractivity contribution in [2.75, 3.05) is 0 Å². The highest BCUT2D eigenvalue weighted by atomic mass is 32.1. The third kappa shape index (κ3) is 5.39. The van der Waals surface area contributed by atoms with Gasteiger partial charge in [0.05, 0.1) is 0 Å². The van der Waals surface area contributed by atoms with Crippen LogP contribution in [0.5, 0.6) is 0 Å². The van der Waals surface area contributed by atoms with Crippen molar-refractivity contribution in [2.24, 2.45) is 9.98 Å². The van der Waals surface area contributed by atoms with Gasteiger partial charge in [-0.3, -0.25) is 0 Å². The van der Waals surface area contributed by atoms with Gasteiger partial charge >= 0.3 is 0 Å². The van der Waals surface area contributed by atoms with Crippen molar-refractivity contribution in [1.82, 2.24) is 5.32 Å². The Labute approximate surface area is 350 Å². The number of hydrogen-bond donors (Lipinski definition) is 1. The monoisotopic (exact) mass is 791 g/mol. The molecule has 10 aromatic rings. The van der Waals surface area contributed by atoms with E-state index in [-0.39, 0.29) is 5.41 Å². The Bertz CT molecular complexity index is 3380. The third-order valence-corrected chi connectivity index (χ3v) is 14.8. The van der Waals surface area contributed by atoms with E-state index in [1.807, 2.05) is 22.7 Å². The first-order valence-electron chi connectivity index (χ1n) is 20.2. The second-order valence-corrected chi connectivity index (χ2v) is 18.2. The lowest BCUT2D eigenvalue weighted by atomic mass is 9.82. The maximum atomic E-state index is 5.42. The summed E-state index contributed by atoms with van der Waals surface area (Å²) >= 11 is 3.73. The minimum atomic E-state index is -0.428. The van der Waals surface area contributed by atoms with Crippen LogP contribution in [-0.4, -0.2) is 11.7 Å². The summed E-state index contributed by atoms with van der Waals surface area (Å²) in [6, 6.07) is 64.0. The normalized spacial score (nSPS) is 15.6. The summed E-state index contributed by atoms with van der Waals surface area (Å²) in [5.74, 6) is 1.65. The van der Waals surface area contributed by atoms with Gasteiger partial charge in [-0.2, -0.15) is 0 Å². The molecule has 0 spiro atoms. The molecule has 8 aromatic carbocycles. The second-order valence-electron chi connectivity index (χ2n) is 16.1. The number of hydrogen-bond acceptors (Lipinski definition) is 5. The maximum Gasteiger partial charge on any atom is 0.169 e. The number of fused-ring (bicyclic) bond motifs is 9. The first-order valence-corrected chi connectivity index (χ1v) is 21.8. The van der Waals surface area contributed by atoms with Crippen LogP contribution in [-0.2, 0) is 5.41 Å². The molecule has 0 amide bonds. The standard InChI is InChI=1S/C54H37N3S2/c1-54(2)44-20-6-3-14-42(44)48-43(19-11-21-45(48)54)53-56-51(34-28-24-32(25-29-34)36-15-9-17-40-38-12-4-7-22-46(38)58-49(36)40)55-52(57-53)35-30-26-33(27-31-35)37-16-10-18-41-39-13-5-8-23-47(39)59-50(37)41/h3-31,51H,1-2H3,(H,55,56,57). The van der Waals surface area contributed by atoms with Gasteiger partial charge in [0, 0.05) is 56.9 Å². The molecule has 0 saturated carbocycles. The summed E-state index contributed by atoms with van der Waals surface area (Å²) in [6.07, 6.45) is -0.428. The van der Waals surface area contributed by atoms with E-state index in [0.717, 1.165) is 28.4 Å². The lowest BCUT2D eigenvalue weighted by Gasteiger charge is -2.25. The van der Waals surface area contributed by atoms with E-state index >= 15 is 0 Å². The largest absolute Gasteiger partial charge is 0.324 e. The quantitative estimate of drug-likeness (QED) is 0.185. The molecule has 280 valence electrons. The minimum absolute atomic E-state index is 0.117. The predicted molar refractivity (Wildman–Crippen MR) is 252 cm³/mol. The number of nitrogens with one attached hydrogen (secondary N) is 1. The van der Waals surface area contributed by atoms with E-state index in [0.29, 0.717) is 0 Å². The van der Waals surface area contributed by atoms with Gasteiger partial charge in [0.2, 0.25) is 0 Å². The summed E-state index contributed by atoms with van der Waals surface area (Å²) < 4.78 is 5.26. The van der Waals surface area contributed by atoms with Crippen molar-refractivity contribution in [2.45, 2.75) is 25.4 Å². The summed E-state index contributed by atoms with van der Waals surface area (Å²) in [5.41, 5.74) is 13.1. The zero-order valence-corrected chi connectivity index (χ0v) is 34.2. The Morgan fingerprint density at radius 2 is 0.898 bits per heavy atom. The summed E-state index contributed by atoms with van der Waals surface area (Å²) in [6.45, 7) is 4.66. The Kier molecular flexibility index (Phi) is 7.68. The van der Waals surface area contributed by atoms with Gasteiger partial charge in [-0.1, -0.05) is 178 Å². The summed E-state index contributed by atoms with van der Waals surface area (Å²) in [4.78, 5) is 10.8. The van der Waals surface area contributed by atoms with Crippen LogP contribution in [0.25, 0.3) is 73.7 Å². The fourth-order valence-electron chi connectivity index (χ4n) is 9.43. The molecule has 2 aliphatic rings. The SMILES string of the molecule is CC1(C)c2ccccc2-c2c(C3=NC(c4ccc(-c5cccc6c5sc5ccccc56)cc4)N=C(c4ccc(-c5cccc6c5sc5ccccc56)cc4)N3)cccc21. The van der Waals surface area contributed by atoms with Gasteiger partial charge in [-0.25, -0.2) is 9.98 Å². The number of thiophene rings is 2. The molecule has 59 heavy (non-hydrogen) atoms. The molecule has 1 aliphatic carbocycles. The molecule has 0 saturated heterocycles. The van der Waals surface area contributed by atoms with Crippen LogP contribution in [0.4, 0.5) is 0 Å². The molecule has 1 N–H and O–H groups in total. The van der Waals surface area contributed by atoms with Gasteiger partial charge in [-0.15, -0.1) is 22.7 Å². The van der Waals surface area contributed by atoms with Crippen molar-refractivity contribution >= 4 is 74.7 Å². The van der Waals surface area contributed by atoms with Crippen LogP contribution in [0.15, 0.2) is 186 Å². The number of nitrogens with zero attached hydrogens (tertiary/aromatic N) is 2. The van der Waals surface area contributed by atoms with Crippen LogP contribution in [0.3, 0.4) is 0 Å². The van der Waals surface area contributed by atoms with Gasteiger partial charge in [0.1, 0.15) is 11.7 Å². The molecule has 1 unspecified atom stereocenters. The topological polar surface area (TPSA) is 36.8 Å². The first-order chi connectivity index (χ1) is 29.0. The predicted octanol–water partition coefficient (Wildman–Crippen LogP) is 14.6. The molecule has 12 rings (SSSR count). The van der Waals surface area contributed by atoms with E-state index in [4.69, 9.17) is 9.98 Å². The molecule has 2 aromatic heterocycles. The molecule has 3 heterocycles. The summed E-state index contributed by atoms with van der Waals surface area (Å²) in [7, 11) is 0. The van der Waals surface area contributed by atoms with Crippen LogP contribution in [0.1, 0.15) is 47.8 Å². The zero-order valence-electron chi connectivity index (χ0n) is 32.5. The van der Waals surface area contributed by atoms with Crippen LogP contribution in [0, 0.1) is 0 Å². The van der Waals surface area contributed by atoms with E-state index < -0.39 is 6.17 Å². The Morgan fingerprint density at radius 3 is 1.56 bits per heavy atom. The Hall–Kier alpha value is -6.66. The molecule has 1 atom stereocenters. The van der Waals surface area contributed by atoms with Gasteiger partial charge < -0.3 is 5.32 Å². The first kappa shape index (κ1) is 34.4. The van der Waals surface area contributed by atoms with Gasteiger partial charge in [-0.05, 0) is 62.2 Å². The molecule has 1 aliphatic heterocycles. The molecule has 0 radical (unpaired) electrons.